The summed E-state index contributed by atoms with van der Waals surface area (Å²) in [4.78, 5) is 11.8. The number of rotatable bonds is 2. The molecule has 2 aromatic carbocycles. The number of carboxylic acid groups (broad SMARTS) is 1. The van der Waals surface area contributed by atoms with Crippen LogP contribution in [0.4, 0.5) is 5.69 Å². The number of anilines is 1. The van der Waals surface area contributed by atoms with Crippen LogP contribution in [-0.4, -0.2) is 20.1 Å². The van der Waals surface area contributed by atoms with Crippen molar-refractivity contribution < 1.29 is 15.6 Å². The number of hydrogen-bond acceptors (Lipinski definition) is 3. The van der Waals surface area contributed by atoms with Crippen LogP contribution < -0.4 is 21.8 Å². The monoisotopic (exact) mass is 374 g/mol. The highest BCUT2D eigenvalue weighted by molar-refractivity contribution is 6.97. The summed E-state index contributed by atoms with van der Waals surface area (Å²) in [7, 11) is -2.00. The van der Waals surface area contributed by atoms with Crippen molar-refractivity contribution in [2.75, 3.05) is 5.73 Å². The largest absolute Gasteiger partial charge is 0.545 e. The molecule has 0 saturated carbocycles. The second-order valence-corrected chi connectivity index (χ2v) is 12.0. The van der Waals surface area contributed by atoms with E-state index in [9.17, 15) is 9.90 Å². The van der Waals surface area contributed by atoms with Crippen LogP contribution in [0.15, 0.2) is 71.5 Å². The molecule has 4 nitrogen and oxygen atoms in total. The Kier molecular flexibility index (Phi) is 3.94. The molecule has 2 aliphatic rings. The molecule has 0 fully saturated rings. The third kappa shape index (κ3) is 2.67. The molecule has 2 aromatic rings. The van der Waals surface area contributed by atoms with E-state index in [0.717, 1.165) is 22.4 Å². The van der Waals surface area contributed by atoms with Crippen LogP contribution in [-0.2, 0) is 0 Å². The molecule has 0 amide bonds. The van der Waals surface area contributed by atoms with E-state index in [1.165, 1.54) is 10.4 Å². The summed E-state index contributed by atoms with van der Waals surface area (Å²) in [6.07, 6.45) is 6.38. The van der Waals surface area contributed by atoms with Gasteiger partial charge in [0.15, 0.2) is 0 Å². The Hall–Kier alpha value is -2.89. The topological polar surface area (TPSA) is 93.8 Å². The number of carbonyl (C=O) groups excluding carboxylic acids is 1. The summed E-state index contributed by atoms with van der Waals surface area (Å²) in [5, 5.41) is 14.3. The van der Waals surface area contributed by atoms with E-state index in [1.807, 2.05) is 24.3 Å². The van der Waals surface area contributed by atoms with Gasteiger partial charge < -0.3 is 21.4 Å². The minimum Gasteiger partial charge on any atom is -0.545 e. The molecule has 1 atom stereocenters. The van der Waals surface area contributed by atoms with Gasteiger partial charge in [0.25, 0.3) is 0 Å². The van der Waals surface area contributed by atoms with Crippen molar-refractivity contribution >= 4 is 30.5 Å². The Balaban J connectivity index is 2.13. The lowest BCUT2D eigenvalue weighted by Crippen LogP contribution is -2.60. The number of carboxylic acids is 1. The molecular formula is C22H22N2O2Si. The highest BCUT2D eigenvalue weighted by atomic mass is 28.3. The highest BCUT2D eigenvalue weighted by Crippen LogP contribution is 2.42. The Morgan fingerprint density at radius 2 is 1.89 bits per heavy atom. The van der Waals surface area contributed by atoms with E-state index in [2.05, 4.69) is 43.1 Å². The van der Waals surface area contributed by atoms with Crippen LogP contribution in [0.25, 0.3) is 5.57 Å². The van der Waals surface area contributed by atoms with Crippen molar-refractivity contribution in [3.8, 4) is 0 Å². The van der Waals surface area contributed by atoms with Gasteiger partial charge in [0.2, 0.25) is 0 Å². The molecule has 0 spiro atoms. The minimum absolute atomic E-state index is 0.107. The maximum Gasteiger partial charge on any atom is 0.122 e. The number of quaternary nitrogens is 1. The summed E-state index contributed by atoms with van der Waals surface area (Å²) >= 11 is 0. The maximum atomic E-state index is 11.8. The Morgan fingerprint density at radius 3 is 2.63 bits per heavy atom. The van der Waals surface area contributed by atoms with Crippen LogP contribution in [0.3, 0.4) is 0 Å². The third-order valence-corrected chi connectivity index (χ3v) is 9.07. The minimum atomic E-state index is -2.00. The first kappa shape index (κ1) is 17.5. The van der Waals surface area contributed by atoms with E-state index < -0.39 is 14.0 Å². The molecule has 0 radical (unpaired) electrons. The zero-order valence-electron chi connectivity index (χ0n) is 15.5. The van der Waals surface area contributed by atoms with Gasteiger partial charge in [0.1, 0.15) is 14.1 Å². The molecule has 1 unspecified atom stereocenters. The van der Waals surface area contributed by atoms with E-state index >= 15 is 0 Å². The molecule has 0 saturated heterocycles. The number of allylic oxidation sites excluding steroid dienone is 3. The number of benzene rings is 2. The van der Waals surface area contributed by atoms with Crippen molar-refractivity contribution in [2.45, 2.75) is 19.1 Å². The molecule has 1 aliphatic heterocycles. The van der Waals surface area contributed by atoms with Gasteiger partial charge in [0.05, 0.1) is 5.97 Å². The lowest BCUT2D eigenvalue weighted by atomic mass is 9.87. The predicted molar refractivity (Wildman–Crippen MR) is 109 cm³/mol. The van der Waals surface area contributed by atoms with Crippen molar-refractivity contribution in [2.24, 2.45) is 0 Å². The summed E-state index contributed by atoms with van der Waals surface area (Å²) in [5.41, 5.74) is 15.0. The summed E-state index contributed by atoms with van der Waals surface area (Å²) in [6, 6.07) is 13.1. The van der Waals surface area contributed by atoms with Gasteiger partial charge in [-0.25, -0.2) is 0 Å². The molecule has 1 aliphatic carbocycles. The van der Waals surface area contributed by atoms with E-state index in [4.69, 9.17) is 5.73 Å². The molecule has 0 aromatic heterocycles. The second-order valence-electron chi connectivity index (χ2n) is 7.66. The fourth-order valence-corrected chi connectivity index (χ4v) is 7.40. The van der Waals surface area contributed by atoms with Gasteiger partial charge in [-0.1, -0.05) is 49.5 Å². The SMILES string of the molecule is C[Si]1(C)C2=CC([NH3+])C=CC2=C(c2ccccc2C(=O)[O-])c2ccc(N)cc21. The number of hydrogen-bond donors (Lipinski definition) is 2. The fourth-order valence-electron chi connectivity index (χ4n) is 4.19. The zero-order chi connectivity index (χ0) is 19.3. The number of carbonyl (C=O) groups is 1. The molecule has 0 bridgehead atoms. The average molecular weight is 375 g/mol. The number of aromatic carboxylic acids is 1. The van der Waals surface area contributed by atoms with Crippen LogP contribution in [0.2, 0.25) is 13.1 Å². The van der Waals surface area contributed by atoms with Gasteiger partial charge in [0, 0.05) is 11.3 Å². The number of nitrogen functional groups attached to an aromatic ring is 1. The Morgan fingerprint density at radius 1 is 1.15 bits per heavy atom. The third-order valence-electron chi connectivity index (χ3n) is 5.53. The van der Waals surface area contributed by atoms with Gasteiger partial charge in [-0.05, 0) is 56.9 Å². The summed E-state index contributed by atoms with van der Waals surface area (Å²) in [6.45, 7) is 4.62. The van der Waals surface area contributed by atoms with Gasteiger partial charge in [-0.2, -0.15) is 0 Å². The van der Waals surface area contributed by atoms with Crippen LogP contribution in [0.5, 0.6) is 0 Å². The summed E-state index contributed by atoms with van der Waals surface area (Å²) in [5.74, 6) is -1.17. The molecule has 136 valence electrons. The predicted octanol–water partition coefficient (Wildman–Crippen LogP) is 1.01. The van der Waals surface area contributed by atoms with E-state index in [1.54, 1.807) is 12.1 Å². The van der Waals surface area contributed by atoms with Crippen LogP contribution >= 0.6 is 0 Å². The van der Waals surface area contributed by atoms with E-state index in [0.29, 0.717) is 5.56 Å². The Labute approximate surface area is 159 Å². The van der Waals surface area contributed by atoms with Gasteiger partial charge in [-0.15, -0.1) is 0 Å². The fraction of sp³-hybridized carbons (Fsp3) is 0.136. The molecule has 4 rings (SSSR count). The molecular weight excluding hydrogens is 352 g/mol. The molecule has 27 heavy (non-hydrogen) atoms. The first-order valence-electron chi connectivity index (χ1n) is 9.00. The van der Waals surface area contributed by atoms with Crippen molar-refractivity contribution in [3.05, 3.63) is 88.2 Å². The highest BCUT2D eigenvalue weighted by Gasteiger charge is 2.40. The van der Waals surface area contributed by atoms with Crippen LogP contribution in [0.1, 0.15) is 21.5 Å². The Bertz CT molecular complexity index is 1060. The maximum absolute atomic E-state index is 11.8. The van der Waals surface area contributed by atoms with E-state index in [-0.39, 0.29) is 11.6 Å². The molecule has 5 N–H and O–H groups in total. The zero-order valence-corrected chi connectivity index (χ0v) is 16.5. The lowest BCUT2D eigenvalue weighted by molar-refractivity contribution is -0.387. The van der Waals surface area contributed by atoms with Crippen molar-refractivity contribution in [3.63, 3.8) is 0 Å². The lowest BCUT2D eigenvalue weighted by Gasteiger charge is -2.38. The molecule has 1 heterocycles. The first-order valence-corrected chi connectivity index (χ1v) is 12.0. The van der Waals surface area contributed by atoms with Crippen molar-refractivity contribution in [1.82, 2.24) is 0 Å². The first-order chi connectivity index (χ1) is 12.8. The van der Waals surface area contributed by atoms with Gasteiger partial charge in [-0.3, -0.25) is 0 Å². The average Bonchev–Trinajstić information content (AvgIpc) is 2.63. The van der Waals surface area contributed by atoms with Crippen LogP contribution in [0, 0.1) is 0 Å². The second kappa shape index (κ2) is 6.08. The normalized spacial score (nSPS) is 20.0. The number of fused-ring (bicyclic) bond motifs is 2. The standard InChI is InChI=1S/C22H22N2O2Si/c1-27(2)19-11-13(23)7-9-17(19)21(18-10-8-14(24)12-20(18)27)15-5-3-4-6-16(15)22(25)26/h3-13H,23-24H2,1-2H3,(H,25,26). The molecule has 5 heteroatoms. The van der Waals surface area contributed by atoms with Crippen molar-refractivity contribution in [1.29, 1.82) is 0 Å². The number of nitrogens with two attached hydrogens (primary N) is 1. The van der Waals surface area contributed by atoms with Gasteiger partial charge >= 0.3 is 0 Å². The smallest absolute Gasteiger partial charge is 0.122 e. The summed E-state index contributed by atoms with van der Waals surface area (Å²) < 4.78 is 0. The quantitative estimate of drug-likeness (QED) is 0.607.